The minimum absolute atomic E-state index is 0.00781. The summed E-state index contributed by atoms with van der Waals surface area (Å²) >= 11 is 0. The van der Waals surface area contributed by atoms with E-state index in [4.69, 9.17) is 0 Å². The number of hydrogen-bond acceptors (Lipinski definition) is 4. The molecule has 0 saturated heterocycles. The molecule has 2 rings (SSSR count). The Bertz CT molecular complexity index is 551. The third-order valence-corrected chi connectivity index (χ3v) is 3.74. The van der Waals surface area contributed by atoms with Crippen LogP contribution in [-0.4, -0.2) is 35.4 Å². The molecule has 0 atom stereocenters. The van der Waals surface area contributed by atoms with Crippen molar-refractivity contribution in [3.05, 3.63) is 33.9 Å². The van der Waals surface area contributed by atoms with E-state index in [1.807, 2.05) is 6.92 Å². The van der Waals surface area contributed by atoms with E-state index in [0.717, 1.165) is 19.3 Å². The number of hydrogen-bond donors (Lipinski definition) is 1. The SMILES string of the molecule is CN(C)C(=O)c1ccc([N+](=O)[O-])c(NC2(C)CCC2)c1. The third kappa shape index (κ3) is 2.74. The number of nitro groups is 1. The molecule has 20 heavy (non-hydrogen) atoms. The van der Waals surface area contributed by atoms with Gasteiger partial charge >= 0.3 is 0 Å². The van der Waals surface area contributed by atoms with E-state index >= 15 is 0 Å². The Balaban J connectivity index is 2.36. The Morgan fingerprint density at radius 3 is 2.50 bits per heavy atom. The average Bonchev–Trinajstić information content (AvgIpc) is 2.35. The zero-order valence-electron chi connectivity index (χ0n) is 12.0. The summed E-state index contributed by atoms with van der Waals surface area (Å²) in [6.45, 7) is 2.04. The van der Waals surface area contributed by atoms with Crippen molar-refractivity contribution in [2.75, 3.05) is 19.4 Å². The molecule has 1 aliphatic rings. The van der Waals surface area contributed by atoms with Crippen LogP contribution in [0.4, 0.5) is 11.4 Å². The highest BCUT2D eigenvalue weighted by Gasteiger charge is 2.33. The molecule has 1 fully saturated rings. The smallest absolute Gasteiger partial charge is 0.292 e. The van der Waals surface area contributed by atoms with Crippen LogP contribution in [-0.2, 0) is 0 Å². The monoisotopic (exact) mass is 277 g/mol. The normalized spacial score (nSPS) is 16.1. The van der Waals surface area contributed by atoms with Crippen LogP contribution in [0.3, 0.4) is 0 Å². The van der Waals surface area contributed by atoms with Gasteiger partial charge in [0.2, 0.25) is 0 Å². The molecule has 0 heterocycles. The molecule has 1 N–H and O–H groups in total. The van der Waals surface area contributed by atoms with Gasteiger partial charge in [0, 0.05) is 31.3 Å². The second kappa shape index (κ2) is 5.11. The Morgan fingerprint density at radius 2 is 2.05 bits per heavy atom. The van der Waals surface area contributed by atoms with E-state index in [-0.39, 0.29) is 17.1 Å². The van der Waals surface area contributed by atoms with Gasteiger partial charge in [-0.15, -0.1) is 0 Å². The standard InChI is InChI=1S/C14H19N3O3/c1-14(7-4-8-14)15-11-9-10(13(18)16(2)3)5-6-12(11)17(19)20/h5-6,9,15H,4,7-8H2,1-3H3. The minimum atomic E-state index is -0.422. The molecular formula is C14H19N3O3. The number of nitrogens with zero attached hydrogens (tertiary/aromatic N) is 2. The van der Waals surface area contributed by atoms with Crippen LogP contribution < -0.4 is 5.32 Å². The van der Waals surface area contributed by atoms with Crippen molar-refractivity contribution in [3.8, 4) is 0 Å². The van der Waals surface area contributed by atoms with Crippen molar-refractivity contribution in [1.29, 1.82) is 0 Å². The van der Waals surface area contributed by atoms with Crippen molar-refractivity contribution in [2.24, 2.45) is 0 Å². The summed E-state index contributed by atoms with van der Waals surface area (Å²) in [5.41, 5.74) is 0.772. The fourth-order valence-corrected chi connectivity index (χ4v) is 2.34. The van der Waals surface area contributed by atoms with Gasteiger partial charge in [0.1, 0.15) is 5.69 Å². The van der Waals surface area contributed by atoms with Crippen LogP contribution in [0.1, 0.15) is 36.5 Å². The first kappa shape index (κ1) is 14.3. The van der Waals surface area contributed by atoms with Crippen molar-refractivity contribution in [3.63, 3.8) is 0 Å². The molecule has 0 radical (unpaired) electrons. The molecule has 0 aliphatic heterocycles. The quantitative estimate of drug-likeness (QED) is 0.678. The number of nitro benzene ring substituents is 1. The first-order valence-electron chi connectivity index (χ1n) is 6.61. The average molecular weight is 277 g/mol. The van der Waals surface area contributed by atoms with Gasteiger partial charge < -0.3 is 10.2 Å². The van der Waals surface area contributed by atoms with Crippen LogP contribution in [0.15, 0.2) is 18.2 Å². The summed E-state index contributed by atoms with van der Waals surface area (Å²) in [5, 5.41) is 14.3. The second-order valence-electron chi connectivity index (χ2n) is 5.73. The zero-order chi connectivity index (χ0) is 14.9. The van der Waals surface area contributed by atoms with E-state index in [9.17, 15) is 14.9 Å². The highest BCUT2D eigenvalue weighted by atomic mass is 16.6. The zero-order valence-corrected chi connectivity index (χ0v) is 12.0. The van der Waals surface area contributed by atoms with Crippen molar-refractivity contribution >= 4 is 17.3 Å². The number of benzene rings is 1. The van der Waals surface area contributed by atoms with Gasteiger partial charge in [0.25, 0.3) is 11.6 Å². The maximum Gasteiger partial charge on any atom is 0.292 e. The fraction of sp³-hybridized carbons (Fsp3) is 0.500. The molecule has 0 aromatic heterocycles. The van der Waals surface area contributed by atoms with Gasteiger partial charge in [-0.2, -0.15) is 0 Å². The predicted octanol–water partition coefficient (Wildman–Crippen LogP) is 2.65. The highest BCUT2D eigenvalue weighted by molar-refractivity contribution is 5.95. The molecule has 1 aromatic carbocycles. The largest absolute Gasteiger partial charge is 0.374 e. The lowest BCUT2D eigenvalue weighted by Crippen LogP contribution is -2.41. The van der Waals surface area contributed by atoms with Crippen LogP contribution in [0.2, 0.25) is 0 Å². The van der Waals surface area contributed by atoms with Crippen molar-refractivity contribution in [2.45, 2.75) is 31.7 Å². The Morgan fingerprint density at radius 1 is 1.40 bits per heavy atom. The lowest BCUT2D eigenvalue weighted by molar-refractivity contribution is -0.384. The topological polar surface area (TPSA) is 75.5 Å². The number of rotatable bonds is 4. The van der Waals surface area contributed by atoms with E-state index in [1.54, 1.807) is 20.2 Å². The molecule has 6 heteroatoms. The van der Waals surface area contributed by atoms with Gasteiger partial charge in [0.15, 0.2) is 0 Å². The second-order valence-corrected chi connectivity index (χ2v) is 5.73. The first-order chi connectivity index (χ1) is 9.32. The molecule has 108 valence electrons. The first-order valence-corrected chi connectivity index (χ1v) is 6.61. The van der Waals surface area contributed by atoms with Gasteiger partial charge in [0.05, 0.1) is 4.92 Å². The summed E-state index contributed by atoms with van der Waals surface area (Å²) < 4.78 is 0. The molecule has 1 aliphatic carbocycles. The van der Waals surface area contributed by atoms with E-state index in [2.05, 4.69) is 5.32 Å². The van der Waals surface area contributed by atoms with Crippen LogP contribution >= 0.6 is 0 Å². The molecule has 1 amide bonds. The summed E-state index contributed by atoms with van der Waals surface area (Å²) in [7, 11) is 3.31. The Labute approximate surface area is 117 Å². The fourth-order valence-electron chi connectivity index (χ4n) is 2.34. The molecular weight excluding hydrogens is 258 g/mol. The van der Waals surface area contributed by atoms with Gasteiger partial charge in [-0.3, -0.25) is 14.9 Å². The number of nitrogens with one attached hydrogen (secondary N) is 1. The maximum atomic E-state index is 12.0. The molecule has 0 spiro atoms. The third-order valence-electron chi connectivity index (χ3n) is 3.74. The Hall–Kier alpha value is -2.11. The summed E-state index contributed by atoms with van der Waals surface area (Å²) in [6.07, 6.45) is 3.08. The van der Waals surface area contributed by atoms with Gasteiger partial charge in [-0.1, -0.05) is 0 Å². The minimum Gasteiger partial charge on any atom is -0.374 e. The summed E-state index contributed by atoms with van der Waals surface area (Å²) in [4.78, 5) is 24.1. The maximum absolute atomic E-state index is 12.0. The number of anilines is 1. The van der Waals surface area contributed by atoms with Gasteiger partial charge in [-0.25, -0.2) is 0 Å². The lowest BCUT2D eigenvalue weighted by atomic mass is 9.78. The van der Waals surface area contributed by atoms with Crippen LogP contribution in [0, 0.1) is 10.1 Å². The summed E-state index contributed by atoms with van der Waals surface area (Å²) in [6, 6.07) is 4.46. The van der Waals surface area contributed by atoms with E-state index < -0.39 is 4.92 Å². The Kier molecular flexibility index (Phi) is 3.65. The van der Waals surface area contributed by atoms with Gasteiger partial charge in [-0.05, 0) is 38.3 Å². The lowest BCUT2D eigenvalue weighted by Gasteiger charge is -2.40. The van der Waals surface area contributed by atoms with Crippen LogP contribution in [0.25, 0.3) is 0 Å². The highest BCUT2D eigenvalue weighted by Crippen LogP contribution is 2.37. The number of carbonyl (C=O) groups is 1. The summed E-state index contributed by atoms with van der Waals surface area (Å²) in [5.74, 6) is -0.165. The predicted molar refractivity (Wildman–Crippen MR) is 77.0 cm³/mol. The van der Waals surface area contributed by atoms with Crippen LogP contribution in [0.5, 0.6) is 0 Å². The molecule has 1 saturated carbocycles. The van der Waals surface area contributed by atoms with Crippen molar-refractivity contribution in [1.82, 2.24) is 4.90 Å². The van der Waals surface area contributed by atoms with Crippen molar-refractivity contribution < 1.29 is 9.72 Å². The number of carbonyl (C=O) groups excluding carboxylic acids is 1. The molecule has 0 unspecified atom stereocenters. The molecule has 6 nitrogen and oxygen atoms in total. The molecule has 0 bridgehead atoms. The van der Waals surface area contributed by atoms with E-state index in [0.29, 0.717) is 11.3 Å². The van der Waals surface area contributed by atoms with E-state index in [1.165, 1.54) is 17.0 Å². The molecule has 1 aromatic rings. The number of amides is 1.